The number of hydrogen-bond acceptors (Lipinski definition) is 5. The van der Waals surface area contributed by atoms with Crippen LogP contribution in [0.1, 0.15) is 49.1 Å². The molecule has 7 rings (SSSR count). The highest BCUT2D eigenvalue weighted by Gasteiger charge is 2.64. The number of likely N-dealkylation sites (tertiary alicyclic amines) is 1. The van der Waals surface area contributed by atoms with Crippen molar-refractivity contribution in [3.8, 4) is 5.75 Å². The molecular formula is C38H37FN4O5. The third kappa shape index (κ3) is 5.03. The predicted molar refractivity (Wildman–Crippen MR) is 178 cm³/mol. The Morgan fingerprint density at radius 1 is 1.04 bits per heavy atom. The van der Waals surface area contributed by atoms with Crippen LogP contribution in [-0.2, 0) is 35.3 Å². The van der Waals surface area contributed by atoms with Crippen LogP contribution in [0.3, 0.4) is 0 Å². The lowest BCUT2D eigenvalue weighted by atomic mass is 9.75. The fraction of sp³-hybridized carbons (Fsp3) is 0.289. The summed E-state index contributed by atoms with van der Waals surface area (Å²) in [6, 6.07) is 21.9. The standard InChI is InChI=1S/C38H37FN4O5/c1-41(2)36(46)33-19-30-32(42(33)16-15-25-21-40-31-14-13-28(44)18-29(25)31)17-26-22-43(35(45)24-7-5-4-6-8-24)38(34(26)30,37(47)48-3)20-23-9-11-27(39)12-10-23/h4-14,18-19,21,26,34,40,44H,15-17,20,22H2,1-3H3/t26-,34+,38+/m0/s1. The topological polar surface area (TPSA) is 108 Å². The fourth-order valence-corrected chi connectivity index (χ4v) is 7.98. The second kappa shape index (κ2) is 12.0. The van der Waals surface area contributed by atoms with Crippen molar-refractivity contribution in [1.29, 1.82) is 0 Å². The van der Waals surface area contributed by atoms with Gasteiger partial charge in [0.1, 0.15) is 17.3 Å². The Labute approximate surface area is 277 Å². The first kappa shape index (κ1) is 31.2. The number of amides is 2. The normalized spacial score (nSPS) is 19.7. The van der Waals surface area contributed by atoms with Crippen molar-refractivity contribution < 1.29 is 28.6 Å². The van der Waals surface area contributed by atoms with Gasteiger partial charge in [-0.2, -0.15) is 0 Å². The molecule has 3 atom stereocenters. The molecule has 1 aliphatic carbocycles. The zero-order valence-corrected chi connectivity index (χ0v) is 27.1. The number of benzene rings is 3. The minimum atomic E-state index is -1.45. The molecule has 0 saturated carbocycles. The molecule has 246 valence electrons. The van der Waals surface area contributed by atoms with Gasteiger partial charge in [0, 0.05) is 67.9 Å². The number of methoxy groups -OCH3 is 1. The quantitative estimate of drug-likeness (QED) is 0.222. The van der Waals surface area contributed by atoms with Crippen LogP contribution >= 0.6 is 0 Å². The van der Waals surface area contributed by atoms with Crippen LogP contribution in [0, 0.1) is 11.7 Å². The van der Waals surface area contributed by atoms with E-state index in [1.165, 1.54) is 24.1 Å². The van der Waals surface area contributed by atoms with Gasteiger partial charge >= 0.3 is 5.97 Å². The van der Waals surface area contributed by atoms with Gasteiger partial charge in [-0.25, -0.2) is 9.18 Å². The number of phenolic OH excluding ortho intramolecular Hbond substituents is 1. The number of H-pyrrole nitrogens is 1. The first-order chi connectivity index (χ1) is 23.1. The second-order valence-electron chi connectivity index (χ2n) is 13.0. The van der Waals surface area contributed by atoms with Crippen LogP contribution in [-0.4, -0.2) is 75.5 Å². The Morgan fingerprint density at radius 2 is 1.79 bits per heavy atom. The first-order valence-electron chi connectivity index (χ1n) is 16.0. The third-order valence-corrected chi connectivity index (χ3v) is 10.1. The van der Waals surface area contributed by atoms with Crippen LogP contribution in [0.2, 0.25) is 0 Å². The number of aromatic hydroxyl groups is 1. The number of nitrogens with one attached hydrogen (secondary N) is 1. The van der Waals surface area contributed by atoms with Gasteiger partial charge in [0.25, 0.3) is 11.8 Å². The average molecular weight is 649 g/mol. The zero-order valence-electron chi connectivity index (χ0n) is 27.1. The molecule has 2 aromatic heterocycles. The Kier molecular flexibility index (Phi) is 7.81. The molecule has 1 saturated heterocycles. The number of rotatable bonds is 8. The third-order valence-electron chi connectivity index (χ3n) is 10.1. The predicted octanol–water partition coefficient (Wildman–Crippen LogP) is 5.33. The van der Waals surface area contributed by atoms with Gasteiger partial charge in [-0.15, -0.1) is 0 Å². The SMILES string of the molecule is COC(=O)[C@@]1(Cc2ccc(F)cc2)[C@H]2c3cc(C(=O)N(C)C)n(CCc4c[nH]c5ccc(O)cc45)c3C[C@H]2CN1C(=O)c1ccccc1. The summed E-state index contributed by atoms with van der Waals surface area (Å²) in [5, 5.41) is 11.0. The van der Waals surface area contributed by atoms with E-state index in [4.69, 9.17) is 4.74 Å². The Morgan fingerprint density at radius 3 is 2.50 bits per heavy atom. The van der Waals surface area contributed by atoms with Gasteiger partial charge in [0.2, 0.25) is 0 Å². The van der Waals surface area contributed by atoms with Crippen molar-refractivity contribution in [2.45, 2.75) is 37.3 Å². The van der Waals surface area contributed by atoms with Gasteiger partial charge in [-0.05, 0) is 84.0 Å². The molecule has 2 N–H and O–H groups in total. The van der Waals surface area contributed by atoms with Crippen molar-refractivity contribution in [2.75, 3.05) is 27.7 Å². The van der Waals surface area contributed by atoms with Crippen molar-refractivity contribution in [3.63, 3.8) is 0 Å². The average Bonchev–Trinajstić information content (AvgIpc) is 3.83. The highest BCUT2D eigenvalue weighted by Crippen LogP contribution is 2.55. The molecule has 9 nitrogen and oxygen atoms in total. The lowest BCUT2D eigenvalue weighted by Gasteiger charge is -2.40. The number of nitrogens with zero attached hydrogens (tertiary/aromatic N) is 3. The van der Waals surface area contributed by atoms with E-state index in [9.17, 15) is 23.9 Å². The van der Waals surface area contributed by atoms with Crippen LogP contribution in [0.25, 0.3) is 10.9 Å². The number of aryl methyl sites for hydroxylation is 1. The van der Waals surface area contributed by atoms with Crippen molar-refractivity contribution in [1.82, 2.24) is 19.4 Å². The van der Waals surface area contributed by atoms with Crippen molar-refractivity contribution >= 4 is 28.7 Å². The summed E-state index contributed by atoms with van der Waals surface area (Å²) < 4.78 is 21.6. The molecule has 5 aromatic rings. The number of hydrogen-bond donors (Lipinski definition) is 2. The minimum Gasteiger partial charge on any atom is -0.508 e. The largest absolute Gasteiger partial charge is 0.508 e. The molecule has 0 spiro atoms. The highest BCUT2D eigenvalue weighted by atomic mass is 19.1. The first-order valence-corrected chi connectivity index (χ1v) is 16.0. The fourth-order valence-electron chi connectivity index (χ4n) is 7.98. The van der Waals surface area contributed by atoms with Crippen LogP contribution < -0.4 is 0 Å². The second-order valence-corrected chi connectivity index (χ2v) is 13.0. The van der Waals surface area contributed by atoms with E-state index in [2.05, 4.69) is 9.55 Å². The lowest BCUT2D eigenvalue weighted by Crippen LogP contribution is -2.58. The summed E-state index contributed by atoms with van der Waals surface area (Å²) in [4.78, 5) is 48.7. The Hall–Kier alpha value is -5.38. The number of carbonyl (C=O) groups excluding carboxylic acids is 3. The Bertz CT molecular complexity index is 2030. The number of aromatic amines is 1. The molecule has 1 fully saturated rings. The number of carbonyl (C=O) groups is 3. The van der Waals surface area contributed by atoms with Gasteiger partial charge in [0.05, 0.1) is 7.11 Å². The van der Waals surface area contributed by atoms with Gasteiger partial charge in [-0.1, -0.05) is 30.3 Å². The molecule has 0 radical (unpaired) electrons. The number of fused-ring (bicyclic) bond motifs is 4. The summed E-state index contributed by atoms with van der Waals surface area (Å²) in [5.74, 6) is -1.83. The summed E-state index contributed by atoms with van der Waals surface area (Å²) in [6.45, 7) is 0.796. The maximum Gasteiger partial charge on any atom is 0.332 e. The van der Waals surface area contributed by atoms with Gasteiger partial charge in [-0.3, -0.25) is 9.59 Å². The molecule has 0 unspecified atom stereocenters. The monoisotopic (exact) mass is 648 g/mol. The maximum atomic E-state index is 14.3. The van der Waals surface area contributed by atoms with E-state index in [-0.39, 0.29) is 29.9 Å². The summed E-state index contributed by atoms with van der Waals surface area (Å²) >= 11 is 0. The number of ether oxygens (including phenoxy) is 1. The van der Waals surface area contributed by atoms with E-state index >= 15 is 0 Å². The highest BCUT2D eigenvalue weighted by molar-refractivity contribution is 6.00. The Balaban J connectivity index is 1.36. The van der Waals surface area contributed by atoms with Crippen LogP contribution in [0.5, 0.6) is 5.75 Å². The molecule has 3 heterocycles. The maximum absolute atomic E-state index is 14.3. The molecular weight excluding hydrogens is 611 g/mol. The smallest absolute Gasteiger partial charge is 0.332 e. The van der Waals surface area contributed by atoms with Crippen molar-refractivity contribution in [2.24, 2.45) is 5.92 Å². The number of aromatic nitrogens is 2. The zero-order chi connectivity index (χ0) is 33.7. The van der Waals surface area contributed by atoms with E-state index < -0.39 is 23.2 Å². The molecule has 48 heavy (non-hydrogen) atoms. The van der Waals surface area contributed by atoms with E-state index in [0.29, 0.717) is 42.8 Å². The lowest BCUT2D eigenvalue weighted by molar-refractivity contribution is -0.153. The molecule has 10 heteroatoms. The van der Waals surface area contributed by atoms with Crippen LogP contribution in [0.4, 0.5) is 4.39 Å². The van der Waals surface area contributed by atoms with E-state index in [1.54, 1.807) is 67.5 Å². The summed E-state index contributed by atoms with van der Waals surface area (Å²) in [7, 11) is 4.74. The van der Waals surface area contributed by atoms with Crippen LogP contribution in [0.15, 0.2) is 85.1 Å². The molecule has 0 bridgehead atoms. The number of esters is 1. The number of phenols is 1. The molecule has 3 aromatic carbocycles. The summed E-state index contributed by atoms with van der Waals surface area (Å²) in [5.41, 5.74) is 3.91. The van der Waals surface area contributed by atoms with Gasteiger partial charge in [0.15, 0.2) is 5.54 Å². The molecule has 2 aliphatic rings. The molecule has 2 amide bonds. The molecule has 1 aliphatic heterocycles. The minimum absolute atomic E-state index is 0.111. The van der Waals surface area contributed by atoms with Crippen molar-refractivity contribution in [3.05, 3.63) is 125 Å². The van der Waals surface area contributed by atoms with Gasteiger partial charge < -0.3 is 29.2 Å². The number of halogens is 1. The van der Waals surface area contributed by atoms with E-state index in [1.807, 2.05) is 24.4 Å². The van der Waals surface area contributed by atoms with E-state index in [0.717, 1.165) is 27.7 Å². The summed E-state index contributed by atoms with van der Waals surface area (Å²) in [6.07, 6.45) is 3.17.